The average molecular weight is 821 g/mol. The molecule has 1 saturated heterocycles. The van der Waals surface area contributed by atoms with Crippen LogP contribution in [0.2, 0.25) is 0 Å². The molecule has 1 aliphatic rings. The number of hydrogen-bond acceptors (Lipinski definition) is 10. The summed E-state index contributed by atoms with van der Waals surface area (Å²) in [7, 11) is 8.92. The van der Waals surface area contributed by atoms with Crippen LogP contribution in [0.5, 0.6) is 0 Å². The summed E-state index contributed by atoms with van der Waals surface area (Å²) >= 11 is 0. The first-order chi connectivity index (χ1) is 27.5. The predicted octanol–water partition coefficient (Wildman–Crippen LogP) is 4.28. The SMILES string of the molecule is CC(C)C(C)N(C)C.CCC.CCC(C)C(C(CC(=O)N1CCCC1C(OC)C(C)C(=O)NC(Cc1ccccc1)C(=O)OCCCN)OC)N(C)C(=O)CNC=O. The van der Waals surface area contributed by atoms with Crippen molar-refractivity contribution >= 4 is 30.1 Å². The van der Waals surface area contributed by atoms with Crippen LogP contribution in [0.25, 0.3) is 0 Å². The van der Waals surface area contributed by atoms with Crippen molar-refractivity contribution in [2.45, 2.75) is 137 Å². The lowest BCUT2D eigenvalue weighted by molar-refractivity contribution is -0.149. The number of rotatable bonds is 23. The molecular formula is C44H80N6O8. The second-order valence-electron chi connectivity index (χ2n) is 15.9. The molecule has 14 heteroatoms. The van der Waals surface area contributed by atoms with E-state index in [9.17, 15) is 24.0 Å². The largest absolute Gasteiger partial charge is 0.464 e. The van der Waals surface area contributed by atoms with Crippen molar-refractivity contribution in [1.82, 2.24) is 25.3 Å². The first-order valence-corrected chi connectivity index (χ1v) is 21.2. The van der Waals surface area contributed by atoms with Crippen LogP contribution in [0.3, 0.4) is 0 Å². The fourth-order valence-electron chi connectivity index (χ4n) is 6.88. The van der Waals surface area contributed by atoms with E-state index in [-0.39, 0.29) is 55.7 Å². The van der Waals surface area contributed by atoms with E-state index >= 15 is 0 Å². The van der Waals surface area contributed by atoms with E-state index in [1.165, 1.54) is 20.6 Å². The van der Waals surface area contributed by atoms with Crippen molar-refractivity contribution in [3.05, 3.63) is 35.9 Å². The molecule has 1 aliphatic heterocycles. The molecule has 334 valence electrons. The van der Waals surface area contributed by atoms with Gasteiger partial charge in [-0.25, -0.2) is 4.79 Å². The topological polar surface area (TPSA) is 173 Å². The molecule has 1 fully saturated rings. The van der Waals surface area contributed by atoms with Crippen molar-refractivity contribution in [2.75, 3.05) is 61.6 Å². The number of carbonyl (C=O) groups excluding carboxylic acids is 5. The Morgan fingerprint density at radius 3 is 2.09 bits per heavy atom. The van der Waals surface area contributed by atoms with Crippen LogP contribution < -0.4 is 16.4 Å². The van der Waals surface area contributed by atoms with Crippen molar-refractivity contribution in [3.63, 3.8) is 0 Å². The summed E-state index contributed by atoms with van der Waals surface area (Å²) in [5.41, 5.74) is 6.42. The number of nitrogens with two attached hydrogens (primary N) is 1. The number of carbonyl (C=O) groups is 5. The minimum absolute atomic E-state index is 0.00794. The Morgan fingerprint density at radius 1 is 0.983 bits per heavy atom. The highest BCUT2D eigenvalue weighted by Crippen LogP contribution is 2.29. The lowest BCUT2D eigenvalue weighted by Gasteiger charge is -2.39. The maximum absolute atomic E-state index is 13.9. The Bertz CT molecular complexity index is 1290. The van der Waals surface area contributed by atoms with Crippen LogP contribution in [-0.2, 0) is 44.6 Å². The number of methoxy groups -OCH3 is 2. The van der Waals surface area contributed by atoms with Gasteiger partial charge in [0.1, 0.15) is 6.04 Å². The minimum atomic E-state index is -0.912. The van der Waals surface area contributed by atoms with Gasteiger partial charge in [-0.3, -0.25) is 19.2 Å². The van der Waals surface area contributed by atoms with Crippen LogP contribution in [0.4, 0.5) is 0 Å². The number of amides is 4. The van der Waals surface area contributed by atoms with Crippen molar-refractivity contribution in [2.24, 2.45) is 23.5 Å². The van der Waals surface area contributed by atoms with Crippen molar-refractivity contribution in [1.29, 1.82) is 0 Å². The van der Waals surface area contributed by atoms with Gasteiger partial charge in [0.05, 0.1) is 49.8 Å². The van der Waals surface area contributed by atoms with Crippen molar-refractivity contribution in [3.8, 4) is 0 Å². The molecule has 1 aromatic rings. The Morgan fingerprint density at radius 2 is 1.60 bits per heavy atom. The Kier molecular flexibility index (Phi) is 28.6. The van der Waals surface area contributed by atoms with E-state index in [1.807, 2.05) is 44.2 Å². The number of likely N-dealkylation sites (tertiary alicyclic amines) is 1. The molecule has 0 saturated carbocycles. The second-order valence-corrected chi connectivity index (χ2v) is 15.9. The highest BCUT2D eigenvalue weighted by atomic mass is 16.5. The molecule has 0 spiro atoms. The third-order valence-corrected chi connectivity index (χ3v) is 10.9. The smallest absolute Gasteiger partial charge is 0.328 e. The zero-order chi connectivity index (χ0) is 44.4. The molecule has 1 heterocycles. The van der Waals surface area contributed by atoms with Crippen LogP contribution in [0.1, 0.15) is 99.5 Å². The Labute approximate surface area is 350 Å². The molecule has 2 rings (SSSR count). The summed E-state index contributed by atoms with van der Waals surface area (Å²) in [6.45, 7) is 17.6. The Balaban J connectivity index is 0.00000259. The predicted molar refractivity (Wildman–Crippen MR) is 231 cm³/mol. The number of esters is 1. The lowest BCUT2D eigenvalue weighted by atomic mass is 9.90. The standard InChI is InChI=1S/C34H55N5O8.C7H17N.C3H8/c1-7-23(2)31(38(4)30(42)21-36-22-40)28(45-5)20-29(41)39-17-11-15-27(39)32(46-6)24(3)33(43)37-26(34(44)47-18-12-16-35)19-25-13-9-8-10-14-25;1-6(2)7(3)8(4)5;1-3-2/h8-10,13-14,22-24,26-28,31-32H,7,11-12,15-21,35H2,1-6H3,(H,36,40)(H,37,43);6-7H,1-5H3;3H2,1-2H3. The van der Waals surface area contributed by atoms with Gasteiger partial charge in [-0.1, -0.05) is 91.6 Å². The van der Waals surface area contributed by atoms with Crippen molar-refractivity contribution < 1.29 is 38.2 Å². The average Bonchev–Trinajstić information content (AvgIpc) is 3.69. The molecule has 0 bridgehead atoms. The van der Waals surface area contributed by atoms with E-state index in [0.29, 0.717) is 38.4 Å². The normalized spacial score (nSPS) is 17.2. The molecule has 0 aliphatic carbocycles. The van der Waals surface area contributed by atoms with Gasteiger partial charge in [0.25, 0.3) is 0 Å². The van der Waals surface area contributed by atoms with Gasteiger partial charge in [0.2, 0.25) is 24.1 Å². The second kappa shape index (κ2) is 30.5. The molecule has 58 heavy (non-hydrogen) atoms. The van der Waals surface area contributed by atoms with Crippen LogP contribution in [-0.4, -0.2) is 143 Å². The fourth-order valence-corrected chi connectivity index (χ4v) is 6.88. The summed E-state index contributed by atoms with van der Waals surface area (Å²) in [5, 5.41) is 5.28. The quantitative estimate of drug-likeness (QED) is 0.0823. The van der Waals surface area contributed by atoms with E-state index in [1.54, 1.807) is 23.8 Å². The lowest BCUT2D eigenvalue weighted by Crippen LogP contribution is -2.54. The number of ether oxygens (including phenoxy) is 3. The van der Waals surface area contributed by atoms with E-state index in [2.05, 4.69) is 64.2 Å². The van der Waals surface area contributed by atoms with Gasteiger partial charge >= 0.3 is 5.97 Å². The third-order valence-electron chi connectivity index (χ3n) is 10.9. The summed E-state index contributed by atoms with van der Waals surface area (Å²) in [5.74, 6) is -1.30. The van der Waals surface area contributed by atoms with Gasteiger partial charge in [0.15, 0.2) is 0 Å². The molecule has 0 radical (unpaired) electrons. The number of nitrogens with zero attached hydrogens (tertiary/aromatic N) is 3. The molecule has 8 unspecified atom stereocenters. The highest BCUT2D eigenvalue weighted by molar-refractivity contribution is 5.86. The molecule has 0 aromatic heterocycles. The minimum Gasteiger partial charge on any atom is -0.464 e. The van der Waals surface area contributed by atoms with Gasteiger partial charge in [0, 0.05) is 40.3 Å². The maximum Gasteiger partial charge on any atom is 0.328 e. The summed E-state index contributed by atoms with van der Waals surface area (Å²) in [6.07, 6.45) is 3.38. The summed E-state index contributed by atoms with van der Waals surface area (Å²) in [4.78, 5) is 69.6. The molecule has 4 N–H and O–H groups in total. The van der Waals surface area contributed by atoms with Gasteiger partial charge in [-0.05, 0) is 64.2 Å². The first-order valence-electron chi connectivity index (χ1n) is 21.2. The zero-order valence-electron chi connectivity index (χ0n) is 38.1. The van der Waals surface area contributed by atoms with E-state index in [4.69, 9.17) is 19.9 Å². The highest BCUT2D eigenvalue weighted by Gasteiger charge is 2.42. The number of benzene rings is 1. The van der Waals surface area contributed by atoms with Crippen LogP contribution in [0.15, 0.2) is 30.3 Å². The molecule has 8 atom stereocenters. The number of nitrogens with one attached hydrogen (secondary N) is 2. The zero-order valence-corrected chi connectivity index (χ0v) is 38.1. The van der Waals surface area contributed by atoms with E-state index in [0.717, 1.165) is 24.3 Å². The van der Waals surface area contributed by atoms with Gasteiger partial charge < -0.3 is 45.3 Å². The number of hydrogen-bond donors (Lipinski definition) is 3. The summed E-state index contributed by atoms with van der Waals surface area (Å²) < 4.78 is 17.1. The third kappa shape index (κ3) is 19.0. The molecular weight excluding hydrogens is 741 g/mol. The van der Waals surface area contributed by atoms with Gasteiger partial charge in [-0.15, -0.1) is 0 Å². The Hall–Kier alpha value is -3.59. The molecule has 1 aromatic carbocycles. The maximum atomic E-state index is 13.9. The molecule has 14 nitrogen and oxygen atoms in total. The van der Waals surface area contributed by atoms with Gasteiger partial charge in [-0.2, -0.15) is 0 Å². The number of likely N-dealkylation sites (N-methyl/N-ethyl adjacent to an activating group) is 1. The summed E-state index contributed by atoms with van der Waals surface area (Å²) in [6, 6.07) is 8.36. The van der Waals surface area contributed by atoms with E-state index < -0.39 is 36.2 Å². The molecule has 4 amide bonds. The first kappa shape index (κ1) is 54.4. The monoisotopic (exact) mass is 821 g/mol. The fraction of sp³-hybridized carbons (Fsp3) is 0.750. The van der Waals surface area contributed by atoms with Crippen LogP contribution in [0, 0.1) is 17.8 Å². The van der Waals surface area contributed by atoms with Crippen LogP contribution >= 0.6 is 0 Å².